The maximum atomic E-state index is 14.9. The summed E-state index contributed by atoms with van der Waals surface area (Å²) in [6.07, 6.45) is -24.7. The van der Waals surface area contributed by atoms with Crippen molar-refractivity contribution in [2.45, 2.75) is 82.9 Å². The zero-order valence-electron chi connectivity index (χ0n) is 30.7. The Balaban J connectivity index is 1.43. The summed E-state index contributed by atoms with van der Waals surface area (Å²) in [5.41, 5.74) is -14.3. The molecule has 57 heavy (non-hydrogen) atoms. The summed E-state index contributed by atoms with van der Waals surface area (Å²) in [7, 11) is 0. The monoisotopic (exact) mass is 816 g/mol. The van der Waals surface area contributed by atoms with Crippen LogP contribution >= 0.6 is 0 Å². The van der Waals surface area contributed by atoms with Crippen molar-refractivity contribution in [2.24, 2.45) is 15.4 Å². The van der Waals surface area contributed by atoms with Crippen molar-refractivity contribution in [3.05, 3.63) is 107 Å². The Labute approximate surface area is 318 Å². The third-order valence-electron chi connectivity index (χ3n) is 9.33. The Bertz CT molecular complexity index is 2210. The summed E-state index contributed by atoms with van der Waals surface area (Å²) in [4.78, 5) is 7.78. The number of hydrogen-bond acceptors (Lipinski definition) is 5. The molecular formula is C40H32F12N2O3. The number of alkyl halides is 12. The van der Waals surface area contributed by atoms with Crippen molar-refractivity contribution in [3.8, 4) is 22.6 Å². The van der Waals surface area contributed by atoms with Crippen LogP contribution in [0.5, 0.6) is 11.5 Å². The van der Waals surface area contributed by atoms with E-state index in [2.05, 4.69) is 14.7 Å². The minimum absolute atomic E-state index is 0.144. The molecule has 0 saturated carbocycles. The van der Waals surface area contributed by atoms with E-state index >= 15 is 0 Å². The fourth-order valence-corrected chi connectivity index (χ4v) is 6.29. The smallest absolute Gasteiger partial charge is 0.442 e. The first-order chi connectivity index (χ1) is 26.0. The van der Waals surface area contributed by atoms with Crippen LogP contribution in [0.25, 0.3) is 11.1 Å². The van der Waals surface area contributed by atoms with Crippen LogP contribution in [0.1, 0.15) is 63.8 Å². The molecule has 0 radical (unpaired) electrons. The first-order valence-corrected chi connectivity index (χ1v) is 17.0. The third-order valence-corrected chi connectivity index (χ3v) is 9.33. The molecule has 0 unspecified atom stereocenters. The Morgan fingerprint density at radius 2 is 0.842 bits per heavy atom. The zero-order valence-corrected chi connectivity index (χ0v) is 30.7. The van der Waals surface area contributed by atoms with E-state index in [0.717, 1.165) is 35.4 Å². The lowest BCUT2D eigenvalue weighted by atomic mass is 9.86. The Hall–Kier alpha value is -5.22. The number of rotatable bonds is 4. The summed E-state index contributed by atoms with van der Waals surface area (Å²) in [6, 6.07) is 16.5. The van der Waals surface area contributed by atoms with Gasteiger partial charge in [-0.15, -0.1) is 0 Å². The predicted molar refractivity (Wildman–Crippen MR) is 186 cm³/mol. The summed E-state index contributed by atoms with van der Waals surface area (Å²) < 4.78 is 191. The Kier molecular flexibility index (Phi) is 9.56. The van der Waals surface area contributed by atoms with Gasteiger partial charge in [-0.2, -0.15) is 52.7 Å². The van der Waals surface area contributed by atoms with Gasteiger partial charge in [0.2, 0.25) is 5.90 Å². The maximum absolute atomic E-state index is 14.9. The van der Waals surface area contributed by atoms with Gasteiger partial charge >= 0.3 is 35.9 Å². The zero-order chi connectivity index (χ0) is 42.4. The van der Waals surface area contributed by atoms with Gasteiger partial charge in [0.25, 0.3) is 0 Å². The maximum Gasteiger partial charge on any atom is 0.442 e. The molecular weight excluding hydrogens is 784 g/mol. The van der Waals surface area contributed by atoms with E-state index in [0.29, 0.717) is 5.56 Å². The molecule has 304 valence electrons. The van der Waals surface area contributed by atoms with Gasteiger partial charge in [0, 0.05) is 22.1 Å². The molecule has 0 aliphatic carbocycles. The number of ether oxygens (including phenoxy) is 3. The number of halogens is 12. The molecule has 2 aliphatic heterocycles. The Morgan fingerprint density at radius 3 is 1.25 bits per heavy atom. The second kappa shape index (κ2) is 13.2. The lowest BCUT2D eigenvalue weighted by molar-refractivity contribution is -0.371. The molecule has 0 amide bonds. The van der Waals surface area contributed by atoms with Crippen molar-refractivity contribution in [2.75, 3.05) is 0 Å². The van der Waals surface area contributed by atoms with Crippen LogP contribution in [0, 0.1) is 5.41 Å². The first-order valence-electron chi connectivity index (χ1n) is 17.0. The summed E-state index contributed by atoms with van der Waals surface area (Å²) >= 11 is 0. The van der Waals surface area contributed by atoms with Crippen molar-refractivity contribution in [3.63, 3.8) is 0 Å². The summed E-state index contributed by atoms with van der Waals surface area (Å²) in [6.45, 7) is 9.86. The molecule has 0 N–H and O–H groups in total. The fraction of sp³-hybridized carbons (Fsp3) is 0.350. The predicted octanol–water partition coefficient (Wildman–Crippen LogP) is 13.3. The quantitative estimate of drug-likeness (QED) is 0.193. The van der Waals surface area contributed by atoms with Crippen LogP contribution in [0.15, 0.2) is 94.9 Å². The topological polar surface area (TPSA) is 52.4 Å². The van der Waals surface area contributed by atoms with Gasteiger partial charge < -0.3 is 14.2 Å². The van der Waals surface area contributed by atoms with Gasteiger partial charge in [0.05, 0.1) is 11.4 Å². The first kappa shape index (κ1) is 41.4. The molecule has 5 nitrogen and oxygen atoms in total. The summed E-state index contributed by atoms with van der Waals surface area (Å²) in [5, 5.41) is 0. The molecule has 4 aromatic rings. The molecule has 17 heteroatoms. The van der Waals surface area contributed by atoms with Gasteiger partial charge in [-0.3, -0.25) is 0 Å². The molecule has 0 bridgehead atoms. The van der Waals surface area contributed by atoms with Crippen molar-refractivity contribution in [1.29, 1.82) is 0 Å². The number of hydrogen-bond donors (Lipinski definition) is 0. The van der Waals surface area contributed by atoms with Crippen LogP contribution in [0.4, 0.5) is 64.1 Å². The number of nitrogens with zero attached hydrogens (tertiary/aromatic N) is 2. The fourth-order valence-electron chi connectivity index (χ4n) is 6.29. The van der Waals surface area contributed by atoms with E-state index in [1.54, 1.807) is 0 Å². The second-order valence-corrected chi connectivity index (χ2v) is 15.5. The van der Waals surface area contributed by atoms with E-state index in [1.807, 2.05) is 45.0 Å². The molecule has 0 atom stereocenters. The van der Waals surface area contributed by atoms with Crippen LogP contribution < -0.4 is 4.74 Å². The van der Waals surface area contributed by atoms with E-state index < -0.39 is 87.1 Å². The molecule has 2 aliphatic rings. The summed E-state index contributed by atoms with van der Waals surface area (Å²) in [5.74, 6) is -3.59. The van der Waals surface area contributed by atoms with Crippen LogP contribution in [-0.4, -0.2) is 36.5 Å². The highest BCUT2D eigenvalue weighted by Crippen LogP contribution is 2.60. The molecule has 6 rings (SSSR count). The van der Waals surface area contributed by atoms with Gasteiger partial charge in [0.1, 0.15) is 11.5 Å². The van der Waals surface area contributed by atoms with Gasteiger partial charge in [-0.25, -0.2) is 9.98 Å². The highest BCUT2D eigenvalue weighted by molar-refractivity contribution is 5.98. The molecule has 2 heterocycles. The SMILES string of the molecule is CC(C)(C)C1=Nc2ccc(Oc3ccc4c(c3)C(C(F)(F)F)(C(F)(F)F)OC(c3ccc(-c5ccc(C(C)(C)C)cc5)cc3)=N4)cc2C(C(F)(F)F)(C(F)(F)F)O1. The van der Waals surface area contributed by atoms with Crippen LogP contribution in [0.3, 0.4) is 0 Å². The van der Waals surface area contributed by atoms with Crippen LogP contribution in [0.2, 0.25) is 0 Å². The average Bonchev–Trinajstić information content (AvgIpc) is 3.08. The number of fused-ring (bicyclic) bond motifs is 2. The van der Waals surface area contributed by atoms with Crippen molar-refractivity contribution in [1.82, 2.24) is 0 Å². The lowest BCUT2D eigenvalue weighted by Crippen LogP contribution is -2.58. The lowest BCUT2D eigenvalue weighted by Gasteiger charge is -2.42. The molecule has 4 aromatic carbocycles. The normalized spacial score (nSPS) is 17.0. The third kappa shape index (κ3) is 7.06. The molecule has 0 saturated heterocycles. The molecule has 0 aromatic heterocycles. The standard InChI is InChI=1S/C40H32F12N2O3/c1-33(2,3)24-13-11-22(12-14-24)21-7-9-23(10-8-21)31-53-29-17-15-25(19-27(29)35(56-31,37(41,42)43)38(44,45)46)55-26-16-18-30-28(20-26)36(39(47,48)49,40(50,51)52)57-32(54-30)34(4,5)6/h7-20H,1-6H3. The molecule has 0 spiro atoms. The highest BCUT2D eigenvalue weighted by atomic mass is 19.4. The largest absolute Gasteiger partial charge is 0.457 e. The van der Waals surface area contributed by atoms with Gasteiger partial charge in [0.15, 0.2) is 5.90 Å². The Morgan fingerprint density at radius 1 is 0.456 bits per heavy atom. The minimum atomic E-state index is -6.19. The average molecular weight is 817 g/mol. The minimum Gasteiger partial charge on any atom is -0.457 e. The van der Waals surface area contributed by atoms with Crippen molar-refractivity contribution < 1.29 is 66.9 Å². The number of aliphatic imine (C=N–C) groups is 2. The highest BCUT2D eigenvalue weighted by Gasteiger charge is 2.78. The second-order valence-electron chi connectivity index (χ2n) is 15.5. The molecule has 0 fully saturated rings. The van der Waals surface area contributed by atoms with Gasteiger partial charge in [-0.1, -0.05) is 77.9 Å². The van der Waals surface area contributed by atoms with Crippen molar-refractivity contribution >= 4 is 23.2 Å². The number of benzene rings is 4. The van der Waals surface area contributed by atoms with E-state index in [-0.39, 0.29) is 23.1 Å². The van der Waals surface area contributed by atoms with E-state index in [4.69, 9.17) is 9.47 Å². The van der Waals surface area contributed by atoms with E-state index in [1.165, 1.54) is 45.0 Å². The van der Waals surface area contributed by atoms with E-state index in [9.17, 15) is 52.7 Å². The van der Waals surface area contributed by atoms with Gasteiger partial charge in [-0.05, 0) is 70.6 Å². The van der Waals surface area contributed by atoms with Crippen LogP contribution in [-0.2, 0) is 26.1 Å².